The van der Waals surface area contributed by atoms with Gasteiger partial charge in [0.2, 0.25) is 5.91 Å². The predicted octanol–water partition coefficient (Wildman–Crippen LogP) is 1.60. The van der Waals surface area contributed by atoms with Gasteiger partial charge in [-0.05, 0) is 39.8 Å². The van der Waals surface area contributed by atoms with Crippen LogP contribution in [0, 0.1) is 0 Å². The first kappa shape index (κ1) is 18.7. The van der Waals surface area contributed by atoms with E-state index in [0.29, 0.717) is 5.56 Å². The lowest BCUT2D eigenvalue weighted by atomic mass is 10.0. The van der Waals surface area contributed by atoms with E-state index < -0.39 is 17.6 Å². The summed E-state index contributed by atoms with van der Waals surface area (Å²) >= 11 is 0. The number of ether oxygens (including phenoxy) is 1. The Morgan fingerprint density at radius 2 is 1.78 bits per heavy atom. The Hall–Kier alpha value is -2.37. The van der Waals surface area contributed by atoms with Crippen LogP contribution in [-0.4, -0.2) is 47.9 Å². The van der Waals surface area contributed by atoms with Crippen molar-refractivity contribution in [2.75, 3.05) is 13.7 Å². The molecular weight excluding hydrogens is 296 g/mol. The normalized spacial score (nSPS) is 12.2. The molecule has 0 saturated heterocycles. The SMILES string of the molecule is CCOC(=O)[C@H](C)N(C)C(=O)C(C)(C)NC(=O)c1ccccc1. The number of esters is 1. The highest BCUT2D eigenvalue weighted by molar-refractivity contribution is 5.99. The van der Waals surface area contributed by atoms with Crippen molar-refractivity contribution in [3.63, 3.8) is 0 Å². The van der Waals surface area contributed by atoms with Gasteiger partial charge in [-0.15, -0.1) is 0 Å². The lowest BCUT2D eigenvalue weighted by molar-refractivity contribution is -0.154. The molecule has 6 heteroatoms. The van der Waals surface area contributed by atoms with Gasteiger partial charge in [-0.1, -0.05) is 18.2 Å². The number of likely N-dealkylation sites (N-methyl/N-ethyl adjacent to an activating group) is 1. The molecule has 126 valence electrons. The number of carbonyl (C=O) groups excluding carboxylic acids is 3. The molecule has 0 radical (unpaired) electrons. The fourth-order valence-corrected chi connectivity index (χ4v) is 2.04. The van der Waals surface area contributed by atoms with E-state index >= 15 is 0 Å². The minimum absolute atomic E-state index is 0.249. The summed E-state index contributed by atoms with van der Waals surface area (Å²) in [7, 11) is 1.51. The number of carbonyl (C=O) groups is 3. The molecule has 0 spiro atoms. The van der Waals surface area contributed by atoms with Crippen LogP contribution in [-0.2, 0) is 14.3 Å². The van der Waals surface area contributed by atoms with E-state index in [0.717, 1.165) is 0 Å². The number of benzene rings is 1. The molecule has 1 atom stereocenters. The Balaban J connectivity index is 2.80. The first-order valence-electron chi connectivity index (χ1n) is 7.52. The highest BCUT2D eigenvalue weighted by atomic mass is 16.5. The smallest absolute Gasteiger partial charge is 0.328 e. The molecule has 0 saturated carbocycles. The molecule has 1 N–H and O–H groups in total. The third-order valence-electron chi connectivity index (χ3n) is 3.53. The largest absolute Gasteiger partial charge is 0.464 e. The van der Waals surface area contributed by atoms with Gasteiger partial charge in [0.05, 0.1) is 6.61 Å². The molecule has 1 rings (SSSR count). The van der Waals surface area contributed by atoms with E-state index in [-0.39, 0.29) is 18.4 Å². The minimum Gasteiger partial charge on any atom is -0.464 e. The fraction of sp³-hybridized carbons (Fsp3) is 0.471. The number of amides is 2. The lowest BCUT2D eigenvalue weighted by Crippen LogP contribution is -2.57. The Morgan fingerprint density at radius 3 is 2.30 bits per heavy atom. The standard InChI is InChI=1S/C17H24N2O4/c1-6-23-15(21)12(2)19(5)16(22)17(3,4)18-14(20)13-10-8-7-9-11-13/h7-12H,6H2,1-5H3,(H,18,20)/t12-/m0/s1. The van der Waals surface area contributed by atoms with Crippen molar-refractivity contribution in [3.8, 4) is 0 Å². The minimum atomic E-state index is -1.15. The first-order chi connectivity index (χ1) is 10.7. The summed E-state index contributed by atoms with van der Waals surface area (Å²) in [4.78, 5) is 37.8. The van der Waals surface area contributed by atoms with E-state index in [2.05, 4.69) is 5.32 Å². The van der Waals surface area contributed by atoms with E-state index in [9.17, 15) is 14.4 Å². The molecule has 1 aromatic rings. The molecule has 1 aromatic carbocycles. The second-order valence-corrected chi connectivity index (χ2v) is 5.79. The van der Waals surface area contributed by atoms with Gasteiger partial charge in [-0.2, -0.15) is 0 Å². The van der Waals surface area contributed by atoms with Gasteiger partial charge in [0, 0.05) is 12.6 Å². The summed E-state index contributed by atoms with van der Waals surface area (Å²) in [5, 5.41) is 2.70. The maximum absolute atomic E-state index is 12.6. The summed E-state index contributed by atoms with van der Waals surface area (Å²) < 4.78 is 4.92. The molecule has 0 fully saturated rings. The van der Waals surface area contributed by atoms with Gasteiger partial charge in [-0.25, -0.2) is 4.79 Å². The van der Waals surface area contributed by atoms with Crippen LogP contribution in [0.2, 0.25) is 0 Å². The molecule has 2 amide bonds. The molecule has 0 unspecified atom stereocenters. The zero-order chi connectivity index (χ0) is 17.6. The topological polar surface area (TPSA) is 75.7 Å². The Labute approximate surface area is 136 Å². The van der Waals surface area contributed by atoms with Gasteiger partial charge in [0.25, 0.3) is 5.91 Å². The van der Waals surface area contributed by atoms with Crippen LogP contribution in [0.25, 0.3) is 0 Å². The fourth-order valence-electron chi connectivity index (χ4n) is 2.04. The summed E-state index contributed by atoms with van der Waals surface area (Å²) in [6.45, 7) is 6.75. The highest BCUT2D eigenvalue weighted by Crippen LogP contribution is 2.12. The number of nitrogens with zero attached hydrogens (tertiary/aromatic N) is 1. The van der Waals surface area contributed by atoms with Crippen LogP contribution in [0.3, 0.4) is 0 Å². The van der Waals surface area contributed by atoms with Crippen LogP contribution in [0.1, 0.15) is 38.1 Å². The average molecular weight is 320 g/mol. The number of rotatable bonds is 6. The van der Waals surface area contributed by atoms with Crippen molar-refractivity contribution in [2.45, 2.75) is 39.3 Å². The maximum Gasteiger partial charge on any atom is 0.328 e. The van der Waals surface area contributed by atoms with Crippen molar-refractivity contribution in [1.82, 2.24) is 10.2 Å². The van der Waals surface area contributed by atoms with Crippen LogP contribution in [0.4, 0.5) is 0 Å². The molecule has 0 aliphatic carbocycles. The van der Waals surface area contributed by atoms with Crippen LogP contribution in [0.15, 0.2) is 30.3 Å². The van der Waals surface area contributed by atoms with Gasteiger partial charge >= 0.3 is 5.97 Å². The van der Waals surface area contributed by atoms with Crippen molar-refractivity contribution in [1.29, 1.82) is 0 Å². The van der Waals surface area contributed by atoms with Gasteiger partial charge in [0.15, 0.2) is 0 Å². The number of hydrogen-bond donors (Lipinski definition) is 1. The lowest BCUT2D eigenvalue weighted by Gasteiger charge is -2.32. The number of nitrogens with one attached hydrogen (secondary N) is 1. The predicted molar refractivity (Wildman–Crippen MR) is 86.9 cm³/mol. The maximum atomic E-state index is 12.6. The molecule has 0 aliphatic heterocycles. The molecule has 0 aliphatic rings. The first-order valence-corrected chi connectivity index (χ1v) is 7.52. The molecule has 0 bridgehead atoms. The molecule has 0 aromatic heterocycles. The van der Waals surface area contributed by atoms with E-state index in [1.165, 1.54) is 11.9 Å². The monoisotopic (exact) mass is 320 g/mol. The zero-order valence-corrected chi connectivity index (χ0v) is 14.3. The molecule has 0 heterocycles. The van der Waals surface area contributed by atoms with Crippen LogP contribution < -0.4 is 5.32 Å². The van der Waals surface area contributed by atoms with Crippen LogP contribution >= 0.6 is 0 Å². The zero-order valence-electron chi connectivity index (χ0n) is 14.3. The summed E-state index contributed by atoms with van der Waals surface area (Å²) in [5.41, 5.74) is -0.683. The van der Waals surface area contributed by atoms with Crippen molar-refractivity contribution in [3.05, 3.63) is 35.9 Å². The summed E-state index contributed by atoms with van der Waals surface area (Å²) in [6, 6.07) is 7.91. The van der Waals surface area contributed by atoms with Crippen molar-refractivity contribution in [2.24, 2.45) is 0 Å². The quantitative estimate of drug-likeness (QED) is 0.808. The highest BCUT2D eigenvalue weighted by Gasteiger charge is 2.36. The third kappa shape index (κ3) is 4.81. The average Bonchev–Trinajstić information content (AvgIpc) is 2.53. The Kier molecular flexibility index (Phi) is 6.30. The third-order valence-corrected chi connectivity index (χ3v) is 3.53. The summed E-state index contributed by atoms with van der Waals surface area (Å²) in [5.74, 6) is -1.20. The number of hydrogen-bond acceptors (Lipinski definition) is 4. The van der Waals surface area contributed by atoms with Gasteiger partial charge in [0.1, 0.15) is 11.6 Å². The van der Waals surface area contributed by atoms with Crippen molar-refractivity contribution >= 4 is 17.8 Å². The van der Waals surface area contributed by atoms with E-state index in [1.54, 1.807) is 52.0 Å². The van der Waals surface area contributed by atoms with E-state index in [1.807, 2.05) is 6.07 Å². The molecule has 6 nitrogen and oxygen atoms in total. The Morgan fingerprint density at radius 1 is 1.22 bits per heavy atom. The van der Waals surface area contributed by atoms with Gasteiger partial charge in [-0.3, -0.25) is 9.59 Å². The second kappa shape index (κ2) is 7.76. The van der Waals surface area contributed by atoms with Crippen molar-refractivity contribution < 1.29 is 19.1 Å². The second-order valence-electron chi connectivity index (χ2n) is 5.79. The van der Waals surface area contributed by atoms with Crippen LogP contribution in [0.5, 0.6) is 0 Å². The van der Waals surface area contributed by atoms with E-state index in [4.69, 9.17) is 4.74 Å². The van der Waals surface area contributed by atoms with Gasteiger partial charge < -0.3 is 15.0 Å². The molecule has 23 heavy (non-hydrogen) atoms. The molecular formula is C17H24N2O4. The summed E-state index contributed by atoms with van der Waals surface area (Å²) in [6.07, 6.45) is 0. The Bertz CT molecular complexity index is 569.